The van der Waals surface area contributed by atoms with Crippen molar-refractivity contribution >= 4 is 11.9 Å². The quantitative estimate of drug-likeness (QED) is 0.521. The van der Waals surface area contributed by atoms with E-state index in [2.05, 4.69) is 0 Å². The molecule has 1 atom stereocenters. The highest BCUT2D eigenvalue weighted by Crippen LogP contribution is 2.18. The van der Waals surface area contributed by atoms with Crippen molar-refractivity contribution in [2.45, 2.75) is 26.2 Å². The number of likely N-dealkylation sites (tertiary alicyclic amines) is 1. The van der Waals surface area contributed by atoms with Gasteiger partial charge < -0.3 is 14.7 Å². The lowest BCUT2D eigenvalue weighted by molar-refractivity contribution is -0.148. The fourth-order valence-corrected chi connectivity index (χ4v) is 1.70. The van der Waals surface area contributed by atoms with Crippen LogP contribution >= 0.6 is 0 Å². The Hall–Kier alpha value is -1.10. The highest BCUT2D eigenvalue weighted by Gasteiger charge is 2.34. The van der Waals surface area contributed by atoms with Crippen molar-refractivity contribution in [2.75, 3.05) is 26.3 Å². The summed E-state index contributed by atoms with van der Waals surface area (Å²) in [7, 11) is 0. The van der Waals surface area contributed by atoms with Crippen LogP contribution < -0.4 is 0 Å². The summed E-state index contributed by atoms with van der Waals surface area (Å²) in [6, 6.07) is 0. The van der Waals surface area contributed by atoms with Gasteiger partial charge in [0.1, 0.15) is 0 Å². The summed E-state index contributed by atoms with van der Waals surface area (Å²) in [5, 5.41) is 8.73. The molecule has 0 aromatic heterocycles. The molecule has 1 unspecified atom stereocenters. The van der Waals surface area contributed by atoms with Crippen LogP contribution in [-0.2, 0) is 14.3 Å². The monoisotopic (exact) mass is 229 g/mol. The van der Waals surface area contributed by atoms with Gasteiger partial charge in [-0.05, 0) is 6.42 Å². The summed E-state index contributed by atoms with van der Waals surface area (Å²) in [5.41, 5.74) is 0. The minimum atomic E-state index is -0.351. The number of ether oxygens (including phenoxy) is 1. The van der Waals surface area contributed by atoms with E-state index in [-0.39, 0.29) is 30.8 Å². The number of esters is 1. The third-order valence-electron chi connectivity index (χ3n) is 2.66. The van der Waals surface area contributed by atoms with E-state index in [1.165, 1.54) is 4.90 Å². The lowest BCUT2D eigenvalue weighted by Crippen LogP contribution is -2.29. The molecule has 0 spiro atoms. The number of rotatable bonds is 6. The number of unbranched alkanes of at least 4 members (excludes halogenated alkanes) is 1. The molecular formula is C11H19NO4. The standard InChI is InChI=1S/C11H19NO4/c1-2-3-6-16-11(15)9-7-10(14)12(8-9)4-5-13/h9,13H,2-8H2,1H3. The van der Waals surface area contributed by atoms with E-state index >= 15 is 0 Å². The second-order valence-corrected chi connectivity index (χ2v) is 3.99. The Morgan fingerprint density at radius 2 is 2.38 bits per heavy atom. The molecule has 1 saturated heterocycles. The van der Waals surface area contributed by atoms with Crippen molar-refractivity contribution in [3.63, 3.8) is 0 Å². The third kappa shape index (κ3) is 3.48. The molecule has 1 fully saturated rings. The number of amides is 1. The van der Waals surface area contributed by atoms with Crippen LogP contribution in [0.1, 0.15) is 26.2 Å². The largest absolute Gasteiger partial charge is 0.465 e. The van der Waals surface area contributed by atoms with Crippen LogP contribution in [0, 0.1) is 5.92 Å². The topological polar surface area (TPSA) is 66.8 Å². The van der Waals surface area contributed by atoms with E-state index in [1.54, 1.807) is 0 Å². The first-order chi connectivity index (χ1) is 7.69. The normalized spacial score (nSPS) is 20.2. The molecule has 0 radical (unpaired) electrons. The SMILES string of the molecule is CCCCOC(=O)C1CC(=O)N(CCO)C1. The lowest BCUT2D eigenvalue weighted by atomic mass is 10.1. The number of β-amino-alcohol motifs (C(OH)–C–C–N with tert-alkyl or cyclic N) is 1. The molecule has 1 heterocycles. The molecule has 1 aliphatic rings. The second kappa shape index (κ2) is 6.48. The summed E-state index contributed by atoms with van der Waals surface area (Å²) in [4.78, 5) is 24.5. The van der Waals surface area contributed by atoms with Crippen LogP contribution in [0.5, 0.6) is 0 Å². The Morgan fingerprint density at radius 3 is 3.00 bits per heavy atom. The van der Waals surface area contributed by atoms with Crippen LogP contribution in [0.3, 0.4) is 0 Å². The number of hydrogen-bond donors (Lipinski definition) is 1. The summed E-state index contributed by atoms with van der Waals surface area (Å²) in [5.74, 6) is -0.718. The molecule has 1 amide bonds. The van der Waals surface area contributed by atoms with Gasteiger partial charge in [-0.3, -0.25) is 9.59 Å². The predicted octanol–water partition coefficient (Wildman–Crippen LogP) is 0.171. The van der Waals surface area contributed by atoms with E-state index in [0.717, 1.165) is 12.8 Å². The van der Waals surface area contributed by atoms with Gasteiger partial charge in [0.15, 0.2) is 0 Å². The molecule has 1 rings (SSSR count). The lowest BCUT2D eigenvalue weighted by Gasteiger charge is -2.14. The Bertz CT molecular complexity index is 254. The Morgan fingerprint density at radius 1 is 1.62 bits per heavy atom. The number of nitrogens with zero attached hydrogens (tertiary/aromatic N) is 1. The Labute approximate surface area is 95.4 Å². The maximum atomic E-state index is 11.6. The minimum absolute atomic E-state index is 0.0661. The van der Waals surface area contributed by atoms with Crippen LogP contribution in [0.2, 0.25) is 0 Å². The van der Waals surface area contributed by atoms with E-state index in [0.29, 0.717) is 19.7 Å². The average molecular weight is 229 g/mol. The van der Waals surface area contributed by atoms with Crippen LogP contribution in [0.25, 0.3) is 0 Å². The predicted molar refractivity (Wildman–Crippen MR) is 57.6 cm³/mol. The smallest absolute Gasteiger partial charge is 0.311 e. The van der Waals surface area contributed by atoms with Gasteiger partial charge in [0.05, 0.1) is 19.1 Å². The molecule has 0 bridgehead atoms. The van der Waals surface area contributed by atoms with Crippen molar-refractivity contribution in [3.8, 4) is 0 Å². The van der Waals surface area contributed by atoms with Crippen LogP contribution in [0.15, 0.2) is 0 Å². The maximum Gasteiger partial charge on any atom is 0.311 e. The average Bonchev–Trinajstić information content (AvgIpc) is 2.61. The van der Waals surface area contributed by atoms with Gasteiger partial charge in [-0.2, -0.15) is 0 Å². The Kier molecular flexibility index (Phi) is 5.25. The van der Waals surface area contributed by atoms with Crippen LogP contribution in [0.4, 0.5) is 0 Å². The van der Waals surface area contributed by atoms with E-state index in [9.17, 15) is 9.59 Å². The van der Waals surface area contributed by atoms with Gasteiger partial charge in [-0.15, -0.1) is 0 Å². The van der Waals surface area contributed by atoms with Gasteiger partial charge in [0.25, 0.3) is 0 Å². The minimum Gasteiger partial charge on any atom is -0.465 e. The second-order valence-electron chi connectivity index (χ2n) is 3.99. The van der Waals surface area contributed by atoms with Crippen LogP contribution in [-0.4, -0.2) is 48.2 Å². The zero-order valence-corrected chi connectivity index (χ0v) is 9.65. The van der Waals surface area contributed by atoms with E-state index < -0.39 is 0 Å². The van der Waals surface area contributed by atoms with Crippen molar-refractivity contribution in [1.82, 2.24) is 4.90 Å². The number of carbonyl (C=O) groups excluding carboxylic acids is 2. The highest BCUT2D eigenvalue weighted by atomic mass is 16.5. The van der Waals surface area contributed by atoms with Gasteiger partial charge in [-0.1, -0.05) is 13.3 Å². The molecule has 0 aromatic rings. The molecule has 5 heteroatoms. The maximum absolute atomic E-state index is 11.6. The van der Waals surface area contributed by atoms with Gasteiger partial charge in [-0.25, -0.2) is 0 Å². The fraction of sp³-hybridized carbons (Fsp3) is 0.818. The zero-order valence-electron chi connectivity index (χ0n) is 9.65. The molecule has 16 heavy (non-hydrogen) atoms. The van der Waals surface area contributed by atoms with E-state index in [4.69, 9.17) is 9.84 Å². The van der Waals surface area contributed by atoms with Crippen molar-refractivity contribution < 1.29 is 19.4 Å². The van der Waals surface area contributed by atoms with Crippen molar-refractivity contribution in [1.29, 1.82) is 0 Å². The third-order valence-corrected chi connectivity index (χ3v) is 2.66. The molecule has 5 nitrogen and oxygen atoms in total. The molecule has 0 aromatic carbocycles. The number of hydrogen-bond acceptors (Lipinski definition) is 4. The highest BCUT2D eigenvalue weighted by molar-refractivity contribution is 5.86. The number of aliphatic hydroxyl groups excluding tert-OH is 1. The first-order valence-electron chi connectivity index (χ1n) is 5.74. The number of aliphatic hydroxyl groups is 1. The van der Waals surface area contributed by atoms with Gasteiger partial charge >= 0.3 is 5.97 Å². The van der Waals surface area contributed by atoms with Crippen molar-refractivity contribution in [3.05, 3.63) is 0 Å². The van der Waals surface area contributed by atoms with E-state index in [1.807, 2.05) is 6.92 Å². The fourth-order valence-electron chi connectivity index (χ4n) is 1.70. The molecule has 1 N–H and O–H groups in total. The molecule has 0 saturated carbocycles. The molecular weight excluding hydrogens is 210 g/mol. The first-order valence-corrected chi connectivity index (χ1v) is 5.74. The van der Waals surface area contributed by atoms with Gasteiger partial charge in [0.2, 0.25) is 5.91 Å². The summed E-state index contributed by atoms with van der Waals surface area (Å²) in [6.45, 7) is 3.07. The molecule has 0 aliphatic carbocycles. The molecule has 1 aliphatic heterocycles. The summed E-state index contributed by atoms with van der Waals surface area (Å²) in [6.07, 6.45) is 2.05. The van der Waals surface area contributed by atoms with Gasteiger partial charge in [0, 0.05) is 19.5 Å². The van der Waals surface area contributed by atoms with Crippen molar-refractivity contribution in [2.24, 2.45) is 5.92 Å². The Balaban J connectivity index is 2.33. The zero-order chi connectivity index (χ0) is 12.0. The number of carbonyl (C=O) groups is 2. The molecule has 92 valence electrons. The summed E-state index contributed by atoms with van der Waals surface area (Å²) >= 11 is 0. The summed E-state index contributed by atoms with van der Waals surface area (Å²) < 4.78 is 5.06. The first kappa shape index (κ1) is 13.0.